The fourth-order valence-corrected chi connectivity index (χ4v) is 1.77. The van der Waals surface area contributed by atoms with Crippen molar-refractivity contribution in [1.29, 1.82) is 0 Å². The minimum atomic E-state index is 0.511. The molecule has 4 heteroatoms. The number of aromatic nitrogens is 2. The van der Waals surface area contributed by atoms with Crippen molar-refractivity contribution in [3.8, 4) is 0 Å². The molecule has 0 spiro atoms. The molecule has 76 valence electrons. The zero-order chi connectivity index (χ0) is 9.80. The lowest BCUT2D eigenvalue weighted by Gasteiger charge is -2.21. The maximum Gasteiger partial charge on any atom is 0.169 e. The molecule has 0 amide bonds. The molecule has 1 saturated heterocycles. The molecule has 0 aliphatic carbocycles. The molecule has 0 atom stereocenters. The van der Waals surface area contributed by atoms with E-state index >= 15 is 0 Å². The summed E-state index contributed by atoms with van der Waals surface area (Å²) < 4.78 is 7.27. The maximum atomic E-state index is 10.4. The van der Waals surface area contributed by atoms with Gasteiger partial charge in [0.25, 0.3) is 0 Å². The van der Waals surface area contributed by atoms with Crippen LogP contribution in [0, 0.1) is 5.92 Å². The molecule has 0 radical (unpaired) electrons. The lowest BCUT2D eigenvalue weighted by molar-refractivity contribution is 0.0612. The molecule has 1 aliphatic heterocycles. The standard InChI is InChI=1S/C10H14N2O2/c13-7-10-6-12(8-11-10)5-9-1-3-14-4-2-9/h6-9H,1-5H2. The molecule has 14 heavy (non-hydrogen) atoms. The third-order valence-corrected chi connectivity index (χ3v) is 2.58. The van der Waals surface area contributed by atoms with Gasteiger partial charge in [-0.3, -0.25) is 4.79 Å². The Morgan fingerprint density at radius 1 is 1.57 bits per heavy atom. The van der Waals surface area contributed by atoms with Gasteiger partial charge in [-0.25, -0.2) is 4.98 Å². The van der Waals surface area contributed by atoms with E-state index in [1.54, 1.807) is 12.5 Å². The highest BCUT2D eigenvalue weighted by Gasteiger charge is 2.14. The quantitative estimate of drug-likeness (QED) is 0.677. The molecule has 0 unspecified atom stereocenters. The van der Waals surface area contributed by atoms with E-state index in [1.165, 1.54) is 0 Å². The topological polar surface area (TPSA) is 44.1 Å². The number of nitrogens with zero attached hydrogens (tertiary/aromatic N) is 2. The Kier molecular flexibility index (Phi) is 2.93. The molecule has 0 bridgehead atoms. The third-order valence-electron chi connectivity index (χ3n) is 2.58. The minimum Gasteiger partial charge on any atom is -0.381 e. The first-order valence-electron chi connectivity index (χ1n) is 4.93. The minimum absolute atomic E-state index is 0.511. The van der Waals surface area contributed by atoms with Crippen molar-refractivity contribution in [2.24, 2.45) is 5.92 Å². The van der Waals surface area contributed by atoms with Crippen LogP contribution in [-0.4, -0.2) is 29.1 Å². The van der Waals surface area contributed by atoms with E-state index in [9.17, 15) is 4.79 Å². The predicted octanol–water partition coefficient (Wildman–Crippen LogP) is 1.12. The Bertz CT molecular complexity index is 303. The van der Waals surface area contributed by atoms with Crippen LogP contribution in [0.3, 0.4) is 0 Å². The number of aldehydes is 1. The Labute approximate surface area is 82.9 Å². The fraction of sp³-hybridized carbons (Fsp3) is 0.600. The van der Waals surface area contributed by atoms with Crippen LogP contribution in [0.1, 0.15) is 23.3 Å². The average molecular weight is 194 g/mol. The zero-order valence-corrected chi connectivity index (χ0v) is 8.06. The van der Waals surface area contributed by atoms with Crippen molar-refractivity contribution in [3.05, 3.63) is 18.2 Å². The number of rotatable bonds is 3. The van der Waals surface area contributed by atoms with Crippen LogP contribution in [0.5, 0.6) is 0 Å². The number of hydrogen-bond acceptors (Lipinski definition) is 3. The van der Waals surface area contributed by atoms with Gasteiger partial charge in [0.2, 0.25) is 0 Å². The van der Waals surface area contributed by atoms with Gasteiger partial charge >= 0.3 is 0 Å². The average Bonchev–Trinajstić information content (AvgIpc) is 2.67. The molecule has 2 heterocycles. The molecule has 0 N–H and O–H groups in total. The summed E-state index contributed by atoms with van der Waals surface area (Å²) in [5.74, 6) is 0.664. The summed E-state index contributed by atoms with van der Waals surface area (Å²) in [7, 11) is 0. The predicted molar refractivity (Wildman–Crippen MR) is 51.2 cm³/mol. The second-order valence-corrected chi connectivity index (χ2v) is 3.67. The summed E-state index contributed by atoms with van der Waals surface area (Å²) in [6.45, 7) is 2.67. The van der Waals surface area contributed by atoms with E-state index in [0.29, 0.717) is 11.6 Å². The fourth-order valence-electron chi connectivity index (χ4n) is 1.77. The first kappa shape index (κ1) is 9.40. The van der Waals surface area contributed by atoms with Crippen molar-refractivity contribution >= 4 is 6.29 Å². The summed E-state index contributed by atoms with van der Waals surface area (Å²) in [5, 5.41) is 0. The molecule has 1 aromatic rings. The van der Waals surface area contributed by atoms with Gasteiger partial charge in [0.05, 0.1) is 6.33 Å². The summed E-state index contributed by atoms with van der Waals surface area (Å²) in [6, 6.07) is 0. The molecule has 4 nitrogen and oxygen atoms in total. The van der Waals surface area contributed by atoms with Crippen molar-refractivity contribution in [2.75, 3.05) is 13.2 Å². The Balaban J connectivity index is 1.92. The molecule has 1 fully saturated rings. The Morgan fingerprint density at radius 2 is 2.36 bits per heavy atom. The number of imidazole rings is 1. The van der Waals surface area contributed by atoms with E-state index in [4.69, 9.17) is 4.74 Å². The Hall–Kier alpha value is -1.16. The highest BCUT2D eigenvalue weighted by atomic mass is 16.5. The normalized spacial score (nSPS) is 18.3. The van der Waals surface area contributed by atoms with Gasteiger partial charge in [-0.05, 0) is 18.8 Å². The SMILES string of the molecule is O=Cc1cn(CC2CCOCC2)cn1. The van der Waals surface area contributed by atoms with Crippen LogP contribution >= 0.6 is 0 Å². The van der Waals surface area contributed by atoms with Crippen LogP contribution in [0.2, 0.25) is 0 Å². The Morgan fingerprint density at radius 3 is 3.00 bits per heavy atom. The van der Waals surface area contributed by atoms with Gasteiger partial charge in [-0.15, -0.1) is 0 Å². The number of carbonyl (C=O) groups excluding carboxylic acids is 1. The smallest absolute Gasteiger partial charge is 0.169 e. The first-order chi connectivity index (χ1) is 6.88. The second kappa shape index (κ2) is 4.37. The van der Waals surface area contributed by atoms with Gasteiger partial charge in [-0.2, -0.15) is 0 Å². The third kappa shape index (κ3) is 2.20. The molecule has 0 aromatic carbocycles. The van der Waals surface area contributed by atoms with Crippen molar-refractivity contribution in [1.82, 2.24) is 9.55 Å². The van der Waals surface area contributed by atoms with Crippen LogP contribution in [0.25, 0.3) is 0 Å². The van der Waals surface area contributed by atoms with Crippen molar-refractivity contribution in [3.63, 3.8) is 0 Å². The molecule has 2 rings (SSSR count). The monoisotopic (exact) mass is 194 g/mol. The van der Waals surface area contributed by atoms with Crippen LogP contribution in [-0.2, 0) is 11.3 Å². The van der Waals surface area contributed by atoms with E-state index in [0.717, 1.165) is 38.9 Å². The lowest BCUT2D eigenvalue weighted by Crippen LogP contribution is -2.19. The van der Waals surface area contributed by atoms with Crippen LogP contribution < -0.4 is 0 Å². The zero-order valence-electron chi connectivity index (χ0n) is 8.06. The highest BCUT2D eigenvalue weighted by molar-refractivity contribution is 5.70. The summed E-state index contributed by atoms with van der Waals surface area (Å²) in [5.41, 5.74) is 0.511. The summed E-state index contributed by atoms with van der Waals surface area (Å²) >= 11 is 0. The number of ether oxygens (including phenoxy) is 1. The molecule has 0 saturated carbocycles. The van der Waals surface area contributed by atoms with Crippen molar-refractivity contribution in [2.45, 2.75) is 19.4 Å². The van der Waals surface area contributed by atoms with E-state index in [1.807, 2.05) is 4.57 Å². The maximum absolute atomic E-state index is 10.4. The van der Waals surface area contributed by atoms with Crippen molar-refractivity contribution < 1.29 is 9.53 Å². The van der Waals surface area contributed by atoms with E-state index in [2.05, 4.69) is 4.98 Å². The number of carbonyl (C=O) groups is 1. The van der Waals surface area contributed by atoms with E-state index in [-0.39, 0.29) is 0 Å². The summed E-state index contributed by atoms with van der Waals surface area (Å²) in [6.07, 6.45) is 6.51. The van der Waals surface area contributed by atoms with Gasteiger partial charge in [0.15, 0.2) is 6.29 Å². The summed E-state index contributed by atoms with van der Waals surface area (Å²) in [4.78, 5) is 14.4. The second-order valence-electron chi connectivity index (χ2n) is 3.67. The first-order valence-corrected chi connectivity index (χ1v) is 4.93. The van der Waals surface area contributed by atoms with Gasteiger partial charge in [0.1, 0.15) is 5.69 Å². The largest absolute Gasteiger partial charge is 0.381 e. The lowest BCUT2D eigenvalue weighted by atomic mass is 10.0. The molecular weight excluding hydrogens is 180 g/mol. The molecular formula is C10H14N2O2. The van der Waals surface area contributed by atoms with Gasteiger partial charge < -0.3 is 9.30 Å². The van der Waals surface area contributed by atoms with Gasteiger partial charge in [0, 0.05) is 26.0 Å². The van der Waals surface area contributed by atoms with Crippen LogP contribution in [0.15, 0.2) is 12.5 Å². The molecule has 1 aromatic heterocycles. The molecule has 1 aliphatic rings. The van der Waals surface area contributed by atoms with E-state index < -0.39 is 0 Å². The van der Waals surface area contributed by atoms with Crippen LogP contribution in [0.4, 0.5) is 0 Å². The highest BCUT2D eigenvalue weighted by Crippen LogP contribution is 2.16. The van der Waals surface area contributed by atoms with Gasteiger partial charge in [-0.1, -0.05) is 0 Å². The number of hydrogen-bond donors (Lipinski definition) is 0.